The molecule has 1 rings (SSSR count). The third kappa shape index (κ3) is 3.53. The summed E-state index contributed by atoms with van der Waals surface area (Å²) in [4.78, 5) is 0. The van der Waals surface area contributed by atoms with Crippen LogP contribution in [0.2, 0.25) is 0 Å². The first kappa shape index (κ1) is 11.3. The molecule has 78 valence electrons. The van der Waals surface area contributed by atoms with Crippen molar-refractivity contribution in [1.82, 2.24) is 0 Å². The van der Waals surface area contributed by atoms with Gasteiger partial charge in [-0.15, -0.1) is 0 Å². The highest BCUT2D eigenvalue weighted by Gasteiger charge is 2.16. The molecule has 0 aliphatic rings. The molecule has 0 N–H and O–H groups in total. The Morgan fingerprint density at radius 2 is 1.57 bits per heavy atom. The van der Waals surface area contributed by atoms with Gasteiger partial charge < -0.3 is 0 Å². The molecule has 0 heteroatoms. The fraction of sp³-hybridized carbons (Fsp3) is 0.571. The first-order chi connectivity index (χ1) is 6.38. The summed E-state index contributed by atoms with van der Waals surface area (Å²) in [5.74, 6) is 0.663. The Morgan fingerprint density at radius 1 is 1.07 bits per heavy atom. The molecule has 0 aromatic heterocycles. The molecule has 1 unspecified atom stereocenters. The van der Waals surface area contributed by atoms with Crippen LogP contribution in [-0.4, -0.2) is 0 Å². The average Bonchev–Trinajstić information content (AvgIpc) is 2.02. The SMILES string of the molecule is Cc1ccc(C(C)CC(C)(C)C)cc1. The third-order valence-electron chi connectivity index (χ3n) is 2.56. The largest absolute Gasteiger partial charge is 0.0602 e. The highest BCUT2D eigenvalue weighted by molar-refractivity contribution is 5.24. The first-order valence-electron chi connectivity index (χ1n) is 5.45. The van der Waals surface area contributed by atoms with Crippen LogP contribution in [0.3, 0.4) is 0 Å². The van der Waals surface area contributed by atoms with Crippen molar-refractivity contribution in [1.29, 1.82) is 0 Å². The van der Waals surface area contributed by atoms with E-state index in [0.717, 1.165) is 0 Å². The van der Waals surface area contributed by atoms with E-state index in [4.69, 9.17) is 0 Å². The Hall–Kier alpha value is -0.780. The molecule has 1 atom stereocenters. The molecular formula is C14H22. The molecule has 0 amide bonds. The maximum absolute atomic E-state index is 2.32. The Kier molecular flexibility index (Phi) is 3.36. The molecule has 0 aliphatic carbocycles. The van der Waals surface area contributed by atoms with Crippen LogP contribution in [0.5, 0.6) is 0 Å². The van der Waals surface area contributed by atoms with Crippen LogP contribution in [0.4, 0.5) is 0 Å². The monoisotopic (exact) mass is 190 g/mol. The molecule has 0 radical (unpaired) electrons. The standard InChI is InChI=1S/C14H22/c1-11-6-8-13(9-7-11)12(2)10-14(3,4)5/h6-9,12H,10H2,1-5H3. The number of aryl methyl sites for hydroxylation is 1. The van der Waals surface area contributed by atoms with Gasteiger partial charge in [0.05, 0.1) is 0 Å². The van der Waals surface area contributed by atoms with Crippen molar-refractivity contribution in [2.24, 2.45) is 5.41 Å². The van der Waals surface area contributed by atoms with Gasteiger partial charge in [-0.05, 0) is 30.2 Å². The zero-order valence-corrected chi connectivity index (χ0v) is 10.1. The van der Waals surface area contributed by atoms with Gasteiger partial charge in [0.15, 0.2) is 0 Å². The van der Waals surface area contributed by atoms with E-state index in [1.165, 1.54) is 17.5 Å². The summed E-state index contributed by atoms with van der Waals surface area (Å²) in [5, 5.41) is 0. The number of hydrogen-bond donors (Lipinski definition) is 0. The van der Waals surface area contributed by atoms with Gasteiger partial charge in [-0.25, -0.2) is 0 Å². The van der Waals surface area contributed by atoms with Crippen molar-refractivity contribution in [2.45, 2.75) is 47.0 Å². The molecule has 0 saturated carbocycles. The predicted molar refractivity (Wildman–Crippen MR) is 63.7 cm³/mol. The fourth-order valence-corrected chi connectivity index (χ4v) is 1.93. The van der Waals surface area contributed by atoms with E-state index >= 15 is 0 Å². The first-order valence-corrected chi connectivity index (χ1v) is 5.45. The normalized spacial score (nSPS) is 14.1. The number of benzene rings is 1. The lowest BCUT2D eigenvalue weighted by molar-refractivity contribution is 0.349. The summed E-state index contributed by atoms with van der Waals surface area (Å²) < 4.78 is 0. The van der Waals surface area contributed by atoms with Crippen molar-refractivity contribution in [3.8, 4) is 0 Å². The van der Waals surface area contributed by atoms with E-state index in [9.17, 15) is 0 Å². The van der Waals surface area contributed by atoms with Gasteiger partial charge in [-0.3, -0.25) is 0 Å². The predicted octanol–water partition coefficient (Wildman–Crippen LogP) is 4.53. The average molecular weight is 190 g/mol. The van der Waals surface area contributed by atoms with Crippen molar-refractivity contribution in [3.05, 3.63) is 35.4 Å². The van der Waals surface area contributed by atoms with Gasteiger partial charge in [0.1, 0.15) is 0 Å². The maximum atomic E-state index is 2.32. The van der Waals surface area contributed by atoms with Crippen LogP contribution in [-0.2, 0) is 0 Å². The second kappa shape index (κ2) is 4.16. The topological polar surface area (TPSA) is 0 Å². The van der Waals surface area contributed by atoms with Gasteiger partial charge >= 0.3 is 0 Å². The maximum Gasteiger partial charge on any atom is -0.0185 e. The van der Waals surface area contributed by atoms with Crippen molar-refractivity contribution in [2.75, 3.05) is 0 Å². The molecule has 0 fully saturated rings. The fourth-order valence-electron chi connectivity index (χ4n) is 1.93. The molecule has 1 aromatic carbocycles. The van der Waals surface area contributed by atoms with Crippen molar-refractivity contribution < 1.29 is 0 Å². The van der Waals surface area contributed by atoms with E-state index in [1.807, 2.05) is 0 Å². The van der Waals surface area contributed by atoms with Crippen LogP contribution in [0.15, 0.2) is 24.3 Å². The number of hydrogen-bond acceptors (Lipinski definition) is 0. The molecule has 0 bridgehead atoms. The summed E-state index contributed by atoms with van der Waals surface area (Å²) >= 11 is 0. The molecular weight excluding hydrogens is 168 g/mol. The minimum absolute atomic E-state index is 0.421. The van der Waals surface area contributed by atoms with Gasteiger partial charge in [-0.1, -0.05) is 57.5 Å². The van der Waals surface area contributed by atoms with Crippen LogP contribution in [0.1, 0.15) is 51.2 Å². The highest BCUT2D eigenvalue weighted by Crippen LogP contribution is 2.30. The minimum Gasteiger partial charge on any atom is -0.0602 e. The van der Waals surface area contributed by atoms with Gasteiger partial charge in [0.2, 0.25) is 0 Å². The molecule has 0 aliphatic heterocycles. The lowest BCUT2D eigenvalue weighted by Crippen LogP contribution is -2.09. The summed E-state index contributed by atoms with van der Waals surface area (Å²) in [6.45, 7) is 11.4. The van der Waals surface area contributed by atoms with Crippen molar-refractivity contribution in [3.63, 3.8) is 0 Å². The Balaban J connectivity index is 2.70. The second-order valence-electron chi connectivity index (χ2n) is 5.58. The van der Waals surface area contributed by atoms with E-state index in [-0.39, 0.29) is 0 Å². The van der Waals surface area contributed by atoms with Gasteiger partial charge in [0.25, 0.3) is 0 Å². The third-order valence-corrected chi connectivity index (χ3v) is 2.56. The smallest absolute Gasteiger partial charge is 0.0185 e. The molecule has 0 nitrogen and oxygen atoms in total. The van der Waals surface area contributed by atoms with E-state index in [2.05, 4.69) is 58.9 Å². The van der Waals surface area contributed by atoms with E-state index < -0.39 is 0 Å². The van der Waals surface area contributed by atoms with Crippen LogP contribution < -0.4 is 0 Å². The van der Waals surface area contributed by atoms with Crippen molar-refractivity contribution >= 4 is 0 Å². The lowest BCUT2D eigenvalue weighted by atomic mass is 9.82. The van der Waals surface area contributed by atoms with Gasteiger partial charge in [0, 0.05) is 0 Å². The van der Waals surface area contributed by atoms with Crippen LogP contribution in [0, 0.1) is 12.3 Å². The summed E-state index contributed by atoms with van der Waals surface area (Å²) in [7, 11) is 0. The lowest BCUT2D eigenvalue weighted by Gasteiger charge is -2.23. The molecule has 0 heterocycles. The van der Waals surface area contributed by atoms with Gasteiger partial charge in [-0.2, -0.15) is 0 Å². The number of rotatable bonds is 2. The second-order valence-corrected chi connectivity index (χ2v) is 5.58. The van der Waals surface area contributed by atoms with Crippen LogP contribution >= 0.6 is 0 Å². The summed E-state index contributed by atoms with van der Waals surface area (Å²) in [6.07, 6.45) is 1.25. The zero-order valence-electron chi connectivity index (χ0n) is 10.1. The Labute approximate surface area is 88.4 Å². The Bertz CT molecular complexity index is 274. The quantitative estimate of drug-likeness (QED) is 0.642. The molecule has 0 saturated heterocycles. The van der Waals surface area contributed by atoms with Crippen LogP contribution in [0.25, 0.3) is 0 Å². The van der Waals surface area contributed by atoms with E-state index in [0.29, 0.717) is 11.3 Å². The summed E-state index contributed by atoms with van der Waals surface area (Å²) in [6, 6.07) is 8.92. The molecule has 14 heavy (non-hydrogen) atoms. The summed E-state index contributed by atoms with van der Waals surface area (Å²) in [5.41, 5.74) is 3.23. The molecule has 0 spiro atoms. The van der Waals surface area contributed by atoms with E-state index in [1.54, 1.807) is 0 Å². The Morgan fingerprint density at radius 3 is 2.00 bits per heavy atom. The molecule has 1 aromatic rings. The zero-order chi connectivity index (χ0) is 10.8. The highest BCUT2D eigenvalue weighted by atomic mass is 14.2. The minimum atomic E-state index is 0.421.